The topological polar surface area (TPSA) is 67.2 Å². The molecule has 2 rings (SSSR count). The van der Waals surface area contributed by atoms with Crippen molar-refractivity contribution in [2.24, 2.45) is 0 Å². The molecule has 1 heterocycles. The number of benzene rings is 1. The molecule has 1 aromatic heterocycles. The van der Waals surface area contributed by atoms with Crippen LogP contribution in [0, 0.1) is 0 Å². The molecular weight excluding hydrogens is 266 g/mol. The summed E-state index contributed by atoms with van der Waals surface area (Å²) in [6.45, 7) is 3.89. The van der Waals surface area contributed by atoms with Gasteiger partial charge >= 0.3 is 0 Å². The number of rotatable bonds is 3. The Morgan fingerprint density at radius 1 is 1.42 bits per heavy atom. The number of hydrogen-bond donors (Lipinski definition) is 2. The predicted octanol–water partition coefficient (Wildman–Crippen LogP) is 3.08. The van der Waals surface area contributed by atoms with Crippen LogP contribution < -0.4 is 5.32 Å². The summed E-state index contributed by atoms with van der Waals surface area (Å²) in [4.78, 5) is 12.1. The summed E-state index contributed by atoms with van der Waals surface area (Å²) in [5, 5.41) is 16.3. The highest BCUT2D eigenvalue weighted by atomic mass is 35.5. The van der Waals surface area contributed by atoms with Crippen LogP contribution in [0.2, 0.25) is 5.02 Å². The summed E-state index contributed by atoms with van der Waals surface area (Å²) in [7, 11) is 0. The highest BCUT2D eigenvalue weighted by Gasteiger charge is 2.14. The second-order valence-electron chi connectivity index (χ2n) is 4.38. The van der Waals surface area contributed by atoms with E-state index in [1.165, 1.54) is 12.1 Å². The zero-order chi connectivity index (χ0) is 14.0. The number of carbonyl (C=O) groups excluding carboxylic acids is 1. The zero-order valence-corrected chi connectivity index (χ0v) is 11.3. The molecule has 0 saturated carbocycles. The molecule has 100 valence electrons. The summed E-state index contributed by atoms with van der Waals surface area (Å²) >= 11 is 5.79. The Hall–Kier alpha value is -2.01. The van der Waals surface area contributed by atoms with Crippen LogP contribution in [-0.2, 0) is 0 Å². The molecule has 2 aromatic rings. The molecule has 6 heteroatoms. The van der Waals surface area contributed by atoms with E-state index >= 15 is 0 Å². The average Bonchev–Trinajstić information content (AvgIpc) is 2.83. The first-order chi connectivity index (χ1) is 8.99. The van der Waals surface area contributed by atoms with Crippen molar-refractivity contribution in [1.29, 1.82) is 0 Å². The van der Waals surface area contributed by atoms with Gasteiger partial charge in [-0.1, -0.05) is 11.6 Å². The van der Waals surface area contributed by atoms with Crippen LogP contribution in [0.25, 0.3) is 0 Å². The van der Waals surface area contributed by atoms with Crippen LogP contribution in [0.5, 0.6) is 5.75 Å². The molecule has 0 aliphatic carbocycles. The van der Waals surface area contributed by atoms with Crippen LogP contribution >= 0.6 is 11.6 Å². The van der Waals surface area contributed by atoms with E-state index in [0.717, 1.165) is 0 Å². The van der Waals surface area contributed by atoms with Gasteiger partial charge in [0.25, 0.3) is 5.91 Å². The molecule has 0 atom stereocenters. The number of nitrogens with one attached hydrogen (secondary N) is 1. The van der Waals surface area contributed by atoms with Crippen molar-refractivity contribution in [3.63, 3.8) is 0 Å². The fraction of sp³-hybridized carbons (Fsp3) is 0.231. The van der Waals surface area contributed by atoms with Crippen molar-refractivity contribution in [3.8, 4) is 5.75 Å². The highest BCUT2D eigenvalue weighted by Crippen LogP contribution is 2.26. The van der Waals surface area contributed by atoms with E-state index in [9.17, 15) is 9.90 Å². The van der Waals surface area contributed by atoms with E-state index in [2.05, 4.69) is 10.4 Å². The lowest BCUT2D eigenvalue weighted by Crippen LogP contribution is -2.18. The number of halogens is 1. The standard InChI is InChI=1S/C13H14ClN3O2/c1-8(2)17-11(5-6-15-17)13(19)16-9-3-4-12(18)10(14)7-9/h3-8,18H,1-2H3,(H,16,19). The number of hydrogen-bond acceptors (Lipinski definition) is 3. The van der Waals surface area contributed by atoms with Crippen molar-refractivity contribution >= 4 is 23.2 Å². The smallest absolute Gasteiger partial charge is 0.273 e. The molecule has 0 spiro atoms. The van der Waals surface area contributed by atoms with Gasteiger partial charge in [0.2, 0.25) is 0 Å². The van der Waals surface area contributed by atoms with E-state index in [4.69, 9.17) is 11.6 Å². The lowest BCUT2D eigenvalue weighted by molar-refractivity contribution is 0.101. The van der Waals surface area contributed by atoms with Gasteiger partial charge in [-0.25, -0.2) is 0 Å². The van der Waals surface area contributed by atoms with E-state index < -0.39 is 0 Å². The third kappa shape index (κ3) is 2.88. The van der Waals surface area contributed by atoms with Crippen molar-refractivity contribution in [1.82, 2.24) is 9.78 Å². The molecule has 0 aliphatic heterocycles. The Kier molecular flexibility index (Phi) is 3.76. The number of aromatic nitrogens is 2. The molecule has 0 unspecified atom stereocenters. The van der Waals surface area contributed by atoms with Crippen molar-refractivity contribution < 1.29 is 9.90 Å². The van der Waals surface area contributed by atoms with E-state index in [0.29, 0.717) is 11.4 Å². The van der Waals surface area contributed by atoms with E-state index in [1.54, 1.807) is 23.0 Å². The maximum absolute atomic E-state index is 12.1. The normalized spacial score (nSPS) is 10.7. The number of phenolic OH excluding ortho intramolecular Hbond substituents is 1. The van der Waals surface area contributed by atoms with E-state index in [1.807, 2.05) is 13.8 Å². The van der Waals surface area contributed by atoms with Gasteiger partial charge in [0.1, 0.15) is 11.4 Å². The first kappa shape index (κ1) is 13.4. The second-order valence-corrected chi connectivity index (χ2v) is 4.78. The van der Waals surface area contributed by atoms with Crippen LogP contribution in [0.4, 0.5) is 5.69 Å². The lowest BCUT2D eigenvalue weighted by atomic mass is 10.3. The van der Waals surface area contributed by atoms with Crippen LogP contribution in [0.3, 0.4) is 0 Å². The fourth-order valence-electron chi connectivity index (χ4n) is 1.69. The van der Waals surface area contributed by atoms with Crippen molar-refractivity contribution in [2.45, 2.75) is 19.9 Å². The van der Waals surface area contributed by atoms with Crippen LogP contribution in [0.15, 0.2) is 30.5 Å². The number of aromatic hydroxyl groups is 1. The summed E-state index contributed by atoms with van der Waals surface area (Å²) < 4.78 is 1.64. The predicted molar refractivity (Wildman–Crippen MR) is 73.7 cm³/mol. The van der Waals surface area contributed by atoms with Crippen molar-refractivity contribution in [2.75, 3.05) is 5.32 Å². The Bertz CT molecular complexity index is 608. The number of nitrogens with zero attached hydrogens (tertiary/aromatic N) is 2. The fourth-order valence-corrected chi connectivity index (χ4v) is 1.87. The largest absolute Gasteiger partial charge is 0.506 e. The number of carbonyl (C=O) groups is 1. The maximum atomic E-state index is 12.1. The summed E-state index contributed by atoms with van der Waals surface area (Å²) in [6.07, 6.45) is 1.58. The average molecular weight is 280 g/mol. The Morgan fingerprint density at radius 2 is 2.16 bits per heavy atom. The molecule has 0 aliphatic rings. The monoisotopic (exact) mass is 279 g/mol. The summed E-state index contributed by atoms with van der Waals surface area (Å²) in [5.41, 5.74) is 0.989. The summed E-state index contributed by atoms with van der Waals surface area (Å²) in [5.74, 6) is -0.292. The van der Waals surface area contributed by atoms with E-state index in [-0.39, 0.29) is 22.7 Å². The van der Waals surface area contributed by atoms with Gasteiger partial charge < -0.3 is 10.4 Å². The molecule has 1 amide bonds. The van der Waals surface area contributed by atoms with Gasteiger partial charge in [0.15, 0.2) is 0 Å². The van der Waals surface area contributed by atoms with Gasteiger partial charge in [-0.2, -0.15) is 5.10 Å². The van der Waals surface area contributed by atoms with Gasteiger partial charge in [0.05, 0.1) is 5.02 Å². The molecule has 1 aromatic carbocycles. The van der Waals surface area contributed by atoms with Gasteiger partial charge in [-0.3, -0.25) is 9.48 Å². The lowest BCUT2D eigenvalue weighted by Gasteiger charge is -2.11. The van der Waals surface area contributed by atoms with Gasteiger partial charge in [-0.05, 0) is 38.1 Å². The Balaban J connectivity index is 2.21. The zero-order valence-electron chi connectivity index (χ0n) is 10.6. The molecule has 0 fully saturated rings. The number of amides is 1. The van der Waals surface area contributed by atoms with Gasteiger partial charge in [0, 0.05) is 17.9 Å². The van der Waals surface area contributed by atoms with Crippen molar-refractivity contribution in [3.05, 3.63) is 41.2 Å². The summed E-state index contributed by atoms with van der Waals surface area (Å²) in [6, 6.07) is 6.24. The molecule has 0 bridgehead atoms. The third-order valence-electron chi connectivity index (χ3n) is 2.60. The Morgan fingerprint density at radius 3 is 2.79 bits per heavy atom. The minimum Gasteiger partial charge on any atom is -0.506 e. The van der Waals surface area contributed by atoms with Gasteiger partial charge in [-0.15, -0.1) is 0 Å². The molecule has 0 saturated heterocycles. The molecule has 0 radical (unpaired) electrons. The molecule has 2 N–H and O–H groups in total. The maximum Gasteiger partial charge on any atom is 0.273 e. The number of anilines is 1. The first-order valence-electron chi connectivity index (χ1n) is 5.82. The first-order valence-corrected chi connectivity index (χ1v) is 6.20. The minimum absolute atomic E-state index is 0.0214. The molecular formula is C13H14ClN3O2. The quantitative estimate of drug-likeness (QED) is 0.849. The van der Waals surface area contributed by atoms with Crippen LogP contribution in [0.1, 0.15) is 30.4 Å². The highest BCUT2D eigenvalue weighted by molar-refractivity contribution is 6.32. The third-order valence-corrected chi connectivity index (χ3v) is 2.90. The Labute approximate surface area is 115 Å². The van der Waals surface area contributed by atoms with Crippen LogP contribution in [-0.4, -0.2) is 20.8 Å². The molecule has 5 nitrogen and oxygen atoms in total. The minimum atomic E-state index is -0.270. The number of phenols is 1. The second kappa shape index (κ2) is 5.32. The SMILES string of the molecule is CC(C)n1nccc1C(=O)Nc1ccc(O)c(Cl)c1. The molecule has 19 heavy (non-hydrogen) atoms.